The number of hydrogen-bond donors (Lipinski definition) is 0. The SMILES string of the molecule is Cc1ccc(S(=O)(=O)O[C@@H]2C[C@H]3C=C[C@H]2c2c(F)c(F)c(F)c(F)c23)cc1. The van der Waals surface area contributed by atoms with Gasteiger partial charge in [0.05, 0.1) is 11.0 Å². The largest absolute Gasteiger partial charge is 0.297 e. The fourth-order valence-electron chi connectivity index (χ4n) is 3.73. The Kier molecular flexibility index (Phi) is 4.16. The van der Waals surface area contributed by atoms with Crippen molar-refractivity contribution in [1.29, 1.82) is 0 Å². The fourth-order valence-corrected chi connectivity index (χ4v) is 4.83. The fraction of sp³-hybridized carbons (Fsp3) is 0.263. The maximum atomic E-state index is 14.3. The summed E-state index contributed by atoms with van der Waals surface area (Å²) < 4.78 is 86.1. The van der Waals surface area contributed by atoms with Crippen LogP contribution in [0.25, 0.3) is 0 Å². The van der Waals surface area contributed by atoms with Crippen LogP contribution in [0, 0.1) is 30.2 Å². The Morgan fingerprint density at radius 2 is 1.48 bits per heavy atom. The van der Waals surface area contributed by atoms with Gasteiger partial charge in [-0.25, -0.2) is 17.6 Å². The van der Waals surface area contributed by atoms with E-state index in [2.05, 4.69) is 0 Å². The van der Waals surface area contributed by atoms with Crippen LogP contribution < -0.4 is 0 Å². The van der Waals surface area contributed by atoms with Gasteiger partial charge in [-0.05, 0) is 25.5 Å². The van der Waals surface area contributed by atoms with E-state index < -0.39 is 51.3 Å². The molecule has 2 aromatic rings. The monoisotopic (exact) mass is 398 g/mol. The van der Waals surface area contributed by atoms with Gasteiger partial charge in [-0.3, -0.25) is 4.18 Å². The maximum Gasteiger partial charge on any atom is 0.297 e. The van der Waals surface area contributed by atoms with Crippen molar-refractivity contribution in [3.63, 3.8) is 0 Å². The molecule has 0 aliphatic heterocycles. The molecule has 0 spiro atoms. The highest BCUT2D eigenvalue weighted by Crippen LogP contribution is 2.49. The third-order valence-corrected chi connectivity index (χ3v) is 6.39. The third-order valence-electron chi connectivity index (χ3n) is 5.04. The average molecular weight is 398 g/mol. The molecule has 27 heavy (non-hydrogen) atoms. The van der Waals surface area contributed by atoms with Crippen molar-refractivity contribution in [2.24, 2.45) is 0 Å². The number of allylic oxidation sites excluding steroid dienone is 1. The normalized spacial score (nSPS) is 23.5. The summed E-state index contributed by atoms with van der Waals surface area (Å²) in [6, 6.07) is 5.97. The lowest BCUT2D eigenvalue weighted by Gasteiger charge is -2.39. The molecule has 3 atom stereocenters. The van der Waals surface area contributed by atoms with E-state index in [4.69, 9.17) is 4.18 Å². The number of halogens is 4. The summed E-state index contributed by atoms with van der Waals surface area (Å²) in [4.78, 5) is -0.0734. The van der Waals surface area contributed by atoms with Crippen LogP contribution in [-0.4, -0.2) is 14.5 Å². The van der Waals surface area contributed by atoms with Crippen LogP contribution in [0.3, 0.4) is 0 Å². The minimum Gasteiger partial charge on any atom is -0.262 e. The van der Waals surface area contributed by atoms with Crippen molar-refractivity contribution >= 4 is 10.1 Å². The summed E-state index contributed by atoms with van der Waals surface area (Å²) in [5.41, 5.74) is 0.207. The molecule has 0 heterocycles. The molecule has 3 aliphatic rings. The van der Waals surface area contributed by atoms with Crippen molar-refractivity contribution in [3.8, 4) is 0 Å². The standard InChI is InChI=1S/C19H14F4O3S/c1-9-2-5-11(6-3-9)27(24,25)26-13-8-10-4-7-12(13)15-14(10)16(20)18(22)19(23)17(15)21/h2-7,10,12-13H,8H2,1H3/t10-,12-,13-/m1/s1. The third kappa shape index (κ3) is 2.78. The van der Waals surface area contributed by atoms with Gasteiger partial charge in [-0.2, -0.15) is 8.42 Å². The van der Waals surface area contributed by atoms with E-state index in [1.807, 2.05) is 0 Å². The molecule has 0 radical (unpaired) electrons. The minimum atomic E-state index is -4.16. The summed E-state index contributed by atoms with van der Waals surface area (Å²) in [5, 5.41) is 0. The van der Waals surface area contributed by atoms with Gasteiger partial charge in [0.25, 0.3) is 10.1 Å². The van der Waals surface area contributed by atoms with E-state index in [1.54, 1.807) is 19.1 Å². The lowest BCUT2D eigenvalue weighted by molar-refractivity contribution is 0.157. The van der Waals surface area contributed by atoms with Crippen LogP contribution in [0.2, 0.25) is 0 Å². The number of benzene rings is 2. The molecular weight excluding hydrogens is 384 g/mol. The van der Waals surface area contributed by atoms with Crippen molar-refractivity contribution in [2.75, 3.05) is 0 Å². The van der Waals surface area contributed by atoms with Gasteiger partial charge in [0.1, 0.15) is 0 Å². The molecule has 8 heteroatoms. The molecule has 3 nitrogen and oxygen atoms in total. The predicted molar refractivity (Wildman–Crippen MR) is 88.8 cm³/mol. The number of aryl methyl sites for hydroxylation is 1. The summed E-state index contributed by atoms with van der Waals surface area (Å²) in [6.07, 6.45) is 1.95. The van der Waals surface area contributed by atoms with Crippen LogP contribution in [0.15, 0.2) is 41.3 Å². The topological polar surface area (TPSA) is 43.4 Å². The maximum absolute atomic E-state index is 14.3. The molecule has 0 unspecified atom stereocenters. The Bertz CT molecular complexity index is 1060. The Labute approximate surface area is 153 Å². The zero-order valence-electron chi connectivity index (χ0n) is 14.0. The number of fused-ring (bicyclic) bond motifs is 1. The highest BCUT2D eigenvalue weighted by atomic mass is 32.2. The Morgan fingerprint density at radius 1 is 0.889 bits per heavy atom. The first-order valence-electron chi connectivity index (χ1n) is 8.24. The molecule has 142 valence electrons. The first kappa shape index (κ1) is 18.2. The Hall–Kier alpha value is -2.19. The summed E-state index contributed by atoms with van der Waals surface area (Å²) in [6.45, 7) is 1.80. The second-order valence-electron chi connectivity index (χ2n) is 6.74. The Morgan fingerprint density at radius 3 is 2.11 bits per heavy atom. The first-order chi connectivity index (χ1) is 12.7. The molecule has 0 amide bonds. The summed E-state index contributed by atoms with van der Waals surface area (Å²) in [7, 11) is -4.16. The zero-order valence-corrected chi connectivity index (χ0v) is 14.9. The molecule has 3 aliphatic carbocycles. The molecule has 5 rings (SSSR count). The molecule has 0 saturated heterocycles. The smallest absolute Gasteiger partial charge is 0.262 e. The summed E-state index contributed by atoms with van der Waals surface area (Å²) >= 11 is 0. The number of rotatable bonds is 3. The lowest BCUT2D eigenvalue weighted by Crippen LogP contribution is -2.36. The van der Waals surface area contributed by atoms with E-state index >= 15 is 0 Å². The molecule has 0 fully saturated rings. The van der Waals surface area contributed by atoms with Crippen LogP contribution in [0.4, 0.5) is 17.6 Å². The Balaban J connectivity index is 1.73. The quantitative estimate of drug-likeness (QED) is 0.252. The molecule has 2 aromatic carbocycles. The average Bonchev–Trinajstić information content (AvgIpc) is 2.64. The molecule has 0 N–H and O–H groups in total. The van der Waals surface area contributed by atoms with Gasteiger partial charge in [-0.1, -0.05) is 29.8 Å². The lowest BCUT2D eigenvalue weighted by atomic mass is 9.69. The van der Waals surface area contributed by atoms with Gasteiger partial charge in [-0.15, -0.1) is 0 Å². The van der Waals surface area contributed by atoms with Crippen LogP contribution >= 0.6 is 0 Å². The highest BCUT2D eigenvalue weighted by Gasteiger charge is 2.45. The highest BCUT2D eigenvalue weighted by molar-refractivity contribution is 7.86. The van der Waals surface area contributed by atoms with Gasteiger partial charge >= 0.3 is 0 Å². The van der Waals surface area contributed by atoms with Gasteiger partial charge < -0.3 is 0 Å². The van der Waals surface area contributed by atoms with E-state index in [0.717, 1.165) is 5.56 Å². The van der Waals surface area contributed by atoms with E-state index in [0.29, 0.717) is 0 Å². The van der Waals surface area contributed by atoms with Crippen LogP contribution in [-0.2, 0) is 14.3 Å². The summed E-state index contributed by atoms with van der Waals surface area (Å²) in [5.74, 6) is -8.56. The van der Waals surface area contributed by atoms with Gasteiger partial charge in [0.2, 0.25) is 0 Å². The van der Waals surface area contributed by atoms with E-state index in [-0.39, 0.29) is 22.4 Å². The number of hydrogen-bond acceptors (Lipinski definition) is 3. The van der Waals surface area contributed by atoms with Crippen LogP contribution in [0.1, 0.15) is 34.9 Å². The van der Waals surface area contributed by atoms with Crippen molar-refractivity contribution in [1.82, 2.24) is 0 Å². The van der Waals surface area contributed by atoms with Gasteiger partial charge in [0.15, 0.2) is 23.3 Å². The van der Waals surface area contributed by atoms with Crippen molar-refractivity contribution in [3.05, 3.63) is 76.4 Å². The molecule has 0 saturated carbocycles. The molecule has 2 bridgehead atoms. The second kappa shape index (κ2) is 6.17. The second-order valence-corrected chi connectivity index (χ2v) is 8.31. The van der Waals surface area contributed by atoms with Crippen LogP contribution in [0.5, 0.6) is 0 Å². The van der Waals surface area contributed by atoms with Gasteiger partial charge in [0, 0.05) is 23.0 Å². The first-order valence-corrected chi connectivity index (χ1v) is 9.65. The zero-order chi connectivity index (χ0) is 19.5. The van der Waals surface area contributed by atoms with Crippen molar-refractivity contribution in [2.45, 2.75) is 36.2 Å². The van der Waals surface area contributed by atoms with Crippen molar-refractivity contribution < 1.29 is 30.2 Å². The predicted octanol–water partition coefficient (Wildman–Crippen LogP) is 4.47. The molecular formula is C19H14F4O3S. The molecule has 0 aromatic heterocycles. The van der Waals surface area contributed by atoms with E-state index in [9.17, 15) is 26.0 Å². The minimum absolute atomic E-state index is 0.0146. The van der Waals surface area contributed by atoms with E-state index in [1.165, 1.54) is 24.3 Å².